The fourth-order valence-electron chi connectivity index (χ4n) is 2.99. The van der Waals surface area contributed by atoms with Gasteiger partial charge in [-0.05, 0) is 5.56 Å². The number of Topliss-reactive ketones (excluding diaryl/α,β-unsaturated/α-hetero) is 1. The Hall–Kier alpha value is -2.34. The number of rotatable bonds is 3. The van der Waals surface area contributed by atoms with Crippen molar-refractivity contribution in [3.63, 3.8) is 0 Å². The summed E-state index contributed by atoms with van der Waals surface area (Å²) in [6, 6.07) is 10.0. The third-order valence-corrected chi connectivity index (χ3v) is 4.13. The molecule has 2 heterocycles. The monoisotopic (exact) mass is 301 g/mol. The lowest BCUT2D eigenvalue weighted by molar-refractivity contribution is -0.150. The van der Waals surface area contributed by atoms with Crippen LogP contribution in [0.15, 0.2) is 41.7 Å². The molecule has 0 aromatic heterocycles. The number of nitrogens with one attached hydrogen (secondary N) is 1. The fraction of sp³-hybridized carbons (Fsp3) is 0.375. The zero-order valence-electron chi connectivity index (χ0n) is 12.7. The number of hydrogen-bond donors (Lipinski definition) is 1. The predicted octanol–water partition coefficient (Wildman–Crippen LogP) is 0.522. The van der Waals surface area contributed by atoms with Crippen LogP contribution in [0.2, 0.25) is 0 Å². The van der Waals surface area contributed by atoms with Crippen LogP contribution in [0.4, 0.5) is 0 Å². The Kier molecular flexibility index (Phi) is 3.85. The van der Waals surface area contributed by atoms with E-state index in [1.807, 2.05) is 30.3 Å². The van der Waals surface area contributed by atoms with Gasteiger partial charge in [0, 0.05) is 20.1 Å². The zero-order valence-corrected chi connectivity index (χ0v) is 12.7. The van der Waals surface area contributed by atoms with Crippen LogP contribution in [0.3, 0.4) is 0 Å². The first-order chi connectivity index (χ1) is 10.6. The van der Waals surface area contributed by atoms with Crippen LogP contribution >= 0.6 is 0 Å². The molecule has 2 aliphatic heterocycles. The summed E-state index contributed by atoms with van der Waals surface area (Å²) in [6.07, 6.45) is 0. The van der Waals surface area contributed by atoms with Gasteiger partial charge in [0.15, 0.2) is 5.78 Å². The van der Waals surface area contributed by atoms with E-state index in [2.05, 4.69) is 10.3 Å². The maximum atomic E-state index is 12.5. The van der Waals surface area contributed by atoms with Gasteiger partial charge in [-0.25, -0.2) is 5.43 Å². The van der Waals surface area contributed by atoms with Crippen LogP contribution in [0.25, 0.3) is 0 Å². The van der Waals surface area contributed by atoms with E-state index in [-0.39, 0.29) is 5.78 Å². The second kappa shape index (κ2) is 5.81. The number of nitrogens with zero attached hydrogens (tertiary/aromatic N) is 2. The number of benzene rings is 1. The van der Waals surface area contributed by atoms with E-state index in [4.69, 9.17) is 4.74 Å². The number of ether oxygens (including phenoxy) is 1. The van der Waals surface area contributed by atoms with Crippen molar-refractivity contribution in [1.29, 1.82) is 0 Å². The lowest BCUT2D eigenvalue weighted by atomic mass is 9.94. The molecule has 1 atom stereocenters. The predicted molar refractivity (Wildman–Crippen MR) is 80.2 cm³/mol. The topological polar surface area (TPSA) is 61.9 Å². The van der Waals surface area contributed by atoms with Crippen LogP contribution in [-0.4, -0.2) is 48.9 Å². The van der Waals surface area contributed by atoms with Crippen LogP contribution in [0.1, 0.15) is 5.56 Å². The summed E-state index contributed by atoms with van der Waals surface area (Å²) in [7, 11) is 3.11. The van der Waals surface area contributed by atoms with Crippen molar-refractivity contribution >= 4 is 11.8 Å². The molecule has 6 nitrogen and oxygen atoms in total. The lowest BCUT2D eigenvalue weighted by Gasteiger charge is -2.33. The van der Waals surface area contributed by atoms with Gasteiger partial charge < -0.3 is 14.6 Å². The Morgan fingerprint density at radius 1 is 1.36 bits per heavy atom. The molecule has 116 valence electrons. The van der Waals surface area contributed by atoms with Gasteiger partial charge in [0.2, 0.25) is 0 Å². The van der Waals surface area contributed by atoms with Crippen LogP contribution in [0.5, 0.6) is 0 Å². The molecule has 3 rings (SSSR count). The number of methoxy groups -OCH3 is 1. The molecule has 22 heavy (non-hydrogen) atoms. The number of likely N-dealkylation sites (N-methyl/N-ethyl adjacent to an activating group) is 1. The third kappa shape index (κ3) is 2.46. The summed E-state index contributed by atoms with van der Waals surface area (Å²) < 4.78 is 4.79. The fourth-order valence-corrected chi connectivity index (χ4v) is 2.99. The molecule has 0 radical (unpaired) electrons. The summed E-state index contributed by atoms with van der Waals surface area (Å²) in [5.41, 5.74) is 5.78. The average Bonchev–Trinajstić information content (AvgIpc) is 2.93. The van der Waals surface area contributed by atoms with Crippen molar-refractivity contribution in [3.05, 3.63) is 47.3 Å². The average molecular weight is 301 g/mol. The molecule has 0 saturated heterocycles. The maximum Gasteiger partial charge on any atom is 0.318 e. The van der Waals surface area contributed by atoms with Crippen LogP contribution in [-0.2, 0) is 20.9 Å². The largest absolute Gasteiger partial charge is 0.468 e. The van der Waals surface area contributed by atoms with Gasteiger partial charge in [-0.2, -0.15) is 0 Å². The van der Waals surface area contributed by atoms with Crippen molar-refractivity contribution in [1.82, 2.24) is 15.3 Å². The first kappa shape index (κ1) is 14.6. The number of carbonyl (C=O) groups is 2. The van der Waals surface area contributed by atoms with Gasteiger partial charge in [0.1, 0.15) is 11.6 Å². The van der Waals surface area contributed by atoms with E-state index in [1.54, 1.807) is 12.1 Å². The summed E-state index contributed by atoms with van der Waals surface area (Å²) in [5.74, 6) is -1.41. The van der Waals surface area contributed by atoms with E-state index in [9.17, 15) is 9.59 Å². The summed E-state index contributed by atoms with van der Waals surface area (Å²) in [4.78, 5) is 26.6. The molecule has 0 aliphatic carbocycles. The van der Waals surface area contributed by atoms with Crippen molar-refractivity contribution in [2.24, 2.45) is 5.92 Å². The molecular formula is C16H19N3O3. The normalized spacial score (nSPS) is 21.2. The Morgan fingerprint density at radius 2 is 2.09 bits per heavy atom. The molecular weight excluding hydrogens is 282 g/mol. The minimum absolute atomic E-state index is 0.168. The summed E-state index contributed by atoms with van der Waals surface area (Å²) >= 11 is 0. The molecule has 1 aromatic rings. The maximum absolute atomic E-state index is 12.5. The molecule has 2 aliphatic rings. The second-order valence-corrected chi connectivity index (χ2v) is 5.50. The van der Waals surface area contributed by atoms with E-state index < -0.39 is 11.9 Å². The number of hydrazine groups is 1. The zero-order chi connectivity index (χ0) is 15.7. The van der Waals surface area contributed by atoms with Gasteiger partial charge in [-0.15, -0.1) is 0 Å². The minimum Gasteiger partial charge on any atom is -0.468 e. The van der Waals surface area contributed by atoms with Crippen LogP contribution in [0, 0.1) is 5.92 Å². The molecule has 1 aromatic carbocycles. The first-order valence-electron chi connectivity index (χ1n) is 7.23. The van der Waals surface area contributed by atoms with E-state index in [1.165, 1.54) is 7.11 Å². The van der Waals surface area contributed by atoms with Gasteiger partial charge >= 0.3 is 5.97 Å². The Labute approximate surface area is 129 Å². The number of hydrogen-bond acceptors (Lipinski definition) is 6. The van der Waals surface area contributed by atoms with Gasteiger partial charge in [0.25, 0.3) is 0 Å². The Morgan fingerprint density at radius 3 is 2.77 bits per heavy atom. The van der Waals surface area contributed by atoms with Crippen molar-refractivity contribution in [2.45, 2.75) is 6.54 Å². The molecule has 1 unspecified atom stereocenters. The standard InChI is InChI=1S/C16H19N3O3/c1-18-14-13(8-17-18)19(9-11-6-4-3-5-7-11)10-12(15(14)20)16(21)22-2/h3-7,12,17H,8-10H2,1-2H3. The molecule has 6 heteroatoms. The minimum atomic E-state index is -0.769. The Balaban J connectivity index is 1.93. The van der Waals surface area contributed by atoms with Gasteiger partial charge in [0.05, 0.1) is 19.4 Å². The second-order valence-electron chi connectivity index (χ2n) is 5.50. The number of esters is 1. The molecule has 0 spiro atoms. The number of ketones is 1. The molecule has 0 saturated carbocycles. The highest BCUT2D eigenvalue weighted by Crippen LogP contribution is 2.29. The first-order valence-corrected chi connectivity index (χ1v) is 7.23. The quantitative estimate of drug-likeness (QED) is 0.649. The molecule has 0 bridgehead atoms. The molecule has 1 N–H and O–H groups in total. The van der Waals surface area contributed by atoms with Crippen molar-refractivity contribution in [3.8, 4) is 0 Å². The number of carbonyl (C=O) groups excluding carboxylic acids is 2. The smallest absolute Gasteiger partial charge is 0.318 e. The van der Waals surface area contributed by atoms with Crippen molar-refractivity contribution in [2.75, 3.05) is 27.2 Å². The number of allylic oxidation sites excluding steroid dienone is 1. The highest BCUT2D eigenvalue weighted by molar-refractivity contribution is 6.09. The highest BCUT2D eigenvalue weighted by atomic mass is 16.5. The SMILES string of the molecule is COC(=O)C1CN(Cc2ccccc2)C2=C(C1=O)N(C)NC2. The summed E-state index contributed by atoms with van der Waals surface area (Å²) in [5, 5.41) is 1.70. The lowest BCUT2D eigenvalue weighted by Crippen LogP contribution is -2.44. The van der Waals surface area contributed by atoms with Crippen LogP contribution < -0.4 is 5.43 Å². The van der Waals surface area contributed by atoms with E-state index >= 15 is 0 Å². The molecule has 0 amide bonds. The highest BCUT2D eigenvalue weighted by Gasteiger charge is 2.42. The summed E-state index contributed by atoms with van der Waals surface area (Å²) in [6.45, 7) is 1.61. The van der Waals surface area contributed by atoms with Crippen molar-refractivity contribution < 1.29 is 14.3 Å². The van der Waals surface area contributed by atoms with E-state index in [0.29, 0.717) is 25.3 Å². The Bertz CT molecular complexity index is 627. The molecule has 0 fully saturated rings. The van der Waals surface area contributed by atoms with Gasteiger partial charge in [-0.3, -0.25) is 9.59 Å². The van der Waals surface area contributed by atoms with E-state index in [0.717, 1.165) is 11.3 Å². The van der Waals surface area contributed by atoms with Gasteiger partial charge in [-0.1, -0.05) is 30.3 Å². The third-order valence-electron chi connectivity index (χ3n) is 4.13.